The predicted octanol–water partition coefficient (Wildman–Crippen LogP) is 3.84. The summed E-state index contributed by atoms with van der Waals surface area (Å²) in [4.78, 5) is 4.39. The number of nitriles is 1. The molecule has 0 aliphatic carbocycles. The minimum absolute atomic E-state index is 0.242. The van der Waals surface area contributed by atoms with Crippen molar-refractivity contribution in [1.29, 1.82) is 5.26 Å². The lowest BCUT2D eigenvalue weighted by Crippen LogP contribution is -2.00. The summed E-state index contributed by atoms with van der Waals surface area (Å²) in [5, 5.41) is 9.95. The maximum absolute atomic E-state index is 13.6. The van der Waals surface area contributed by atoms with Crippen LogP contribution in [0.2, 0.25) is 0 Å². The largest absolute Gasteiger partial charge is 0.380 e. The van der Waals surface area contributed by atoms with Gasteiger partial charge in [-0.15, -0.1) is 11.8 Å². The van der Waals surface area contributed by atoms with Gasteiger partial charge in [-0.1, -0.05) is 18.2 Å². The van der Waals surface area contributed by atoms with E-state index in [-0.39, 0.29) is 5.82 Å². The van der Waals surface area contributed by atoms with Crippen LogP contribution in [0.1, 0.15) is 22.4 Å². The summed E-state index contributed by atoms with van der Waals surface area (Å²) in [5.74, 6) is 0.192. The molecule has 1 aromatic heterocycles. The Labute approximate surface area is 127 Å². The lowest BCUT2D eigenvalue weighted by atomic mass is 10.1. The topological polar surface area (TPSA) is 45.9 Å². The molecule has 0 amide bonds. The van der Waals surface area contributed by atoms with Gasteiger partial charge in [0.15, 0.2) is 0 Å². The monoisotopic (exact) mass is 302 g/mol. The first-order valence-corrected chi connectivity index (χ1v) is 7.40. The lowest BCUT2D eigenvalue weighted by Gasteiger charge is -2.10. The van der Waals surface area contributed by atoms with E-state index in [1.165, 1.54) is 17.8 Å². The van der Waals surface area contributed by atoms with Crippen LogP contribution in [0.3, 0.4) is 0 Å². The van der Waals surface area contributed by atoms with Gasteiger partial charge in [0.1, 0.15) is 16.9 Å². The summed E-state index contributed by atoms with van der Waals surface area (Å²) in [5.41, 5.74) is 2.73. The summed E-state index contributed by atoms with van der Waals surface area (Å²) < 4.78 is 18.7. The molecule has 0 aliphatic rings. The van der Waals surface area contributed by atoms with Crippen molar-refractivity contribution in [2.24, 2.45) is 0 Å². The third-order valence-electron chi connectivity index (χ3n) is 2.93. The molecule has 0 spiro atoms. The number of methoxy groups -OCH3 is 1. The molecule has 0 aliphatic heterocycles. The van der Waals surface area contributed by atoms with Gasteiger partial charge in [0.05, 0.1) is 12.2 Å². The zero-order chi connectivity index (χ0) is 15.2. The number of aryl methyl sites for hydroxylation is 1. The Morgan fingerprint density at radius 1 is 1.33 bits per heavy atom. The van der Waals surface area contributed by atoms with Gasteiger partial charge in [-0.25, -0.2) is 9.37 Å². The molecular weight excluding hydrogens is 287 g/mol. The van der Waals surface area contributed by atoms with E-state index in [1.54, 1.807) is 25.3 Å². The first-order valence-electron chi connectivity index (χ1n) is 6.41. The Morgan fingerprint density at radius 3 is 2.76 bits per heavy atom. The van der Waals surface area contributed by atoms with Gasteiger partial charge in [-0.2, -0.15) is 5.26 Å². The van der Waals surface area contributed by atoms with E-state index in [0.717, 1.165) is 11.3 Å². The maximum atomic E-state index is 13.6. The van der Waals surface area contributed by atoms with Crippen LogP contribution in [0.15, 0.2) is 35.4 Å². The molecule has 0 radical (unpaired) electrons. The van der Waals surface area contributed by atoms with Crippen molar-refractivity contribution < 1.29 is 9.13 Å². The zero-order valence-corrected chi connectivity index (χ0v) is 12.7. The van der Waals surface area contributed by atoms with Gasteiger partial charge in [-0.3, -0.25) is 0 Å². The van der Waals surface area contributed by atoms with Crippen molar-refractivity contribution in [3.63, 3.8) is 0 Å². The lowest BCUT2D eigenvalue weighted by molar-refractivity contribution is 0.184. The Balaban J connectivity index is 2.27. The van der Waals surface area contributed by atoms with E-state index < -0.39 is 0 Å². The van der Waals surface area contributed by atoms with Crippen LogP contribution in [-0.4, -0.2) is 12.1 Å². The molecule has 1 aromatic carbocycles. The SMILES string of the molecule is COCc1cc(C)nc(SCc2ccccc2F)c1C#N. The molecule has 0 fully saturated rings. The molecule has 1 heterocycles. The number of aromatic nitrogens is 1. The minimum atomic E-state index is -0.242. The van der Waals surface area contributed by atoms with E-state index in [1.807, 2.05) is 13.0 Å². The second-order valence-electron chi connectivity index (χ2n) is 4.53. The number of nitrogens with zero attached hydrogens (tertiary/aromatic N) is 2. The van der Waals surface area contributed by atoms with Crippen LogP contribution in [0.4, 0.5) is 4.39 Å². The molecule has 0 unspecified atom stereocenters. The second kappa shape index (κ2) is 7.21. The Hall–Kier alpha value is -1.90. The van der Waals surface area contributed by atoms with Gasteiger partial charge >= 0.3 is 0 Å². The fourth-order valence-corrected chi connectivity index (χ4v) is 3.02. The van der Waals surface area contributed by atoms with Crippen molar-refractivity contribution in [3.05, 3.63) is 58.5 Å². The normalized spacial score (nSPS) is 10.4. The highest BCUT2D eigenvalue weighted by Gasteiger charge is 2.13. The molecule has 3 nitrogen and oxygen atoms in total. The average Bonchev–Trinajstić information content (AvgIpc) is 2.46. The van der Waals surface area contributed by atoms with Crippen molar-refractivity contribution in [1.82, 2.24) is 4.98 Å². The van der Waals surface area contributed by atoms with Crippen molar-refractivity contribution in [2.45, 2.75) is 24.3 Å². The Bertz CT molecular complexity index is 682. The smallest absolute Gasteiger partial charge is 0.127 e. The molecular formula is C16H15FN2OS. The van der Waals surface area contributed by atoms with E-state index >= 15 is 0 Å². The highest BCUT2D eigenvalue weighted by molar-refractivity contribution is 7.98. The van der Waals surface area contributed by atoms with Crippen LogP contribution in [0, 0.1) is 24.1 Å². The van der Waals surface area contributed by atoms with Crippen LogP contribution in [0.5, 0.6) is 0 Å². The molecule has 2 aromatic rings. The van der Waals surface area contributed by atoms with Crippen LogP contribution in [-0.2, 0) is 17.1 Å². The summed E-state index contributed by atoms with van der Waals surface area (Å²) >= 11 is 1.36. The summed E-state index contributed by atoms with van der Waals surface area (Å²) in [6.45, 7) is 2.23. The Kier molecular flexibility index (Phi) is 5.32. The zero-order valence-electron chi connectivity index (χ0n) is 11.9. The molecule has 108 valence electrons. The molecule has 0 N–H and O–H groups in total. The van der Waals surface area contributed by atoms with E-state index in [4.69, 9.17) is 4.74 Å². The third-order valence-corrected chi connectivity index (χ3v) is 3.95. The van der Waals surface area contributed by atoms with E-state index in [2.05, 4.69) is 11.1 Å². The van der Waals surface area contributed by atoms with Gasteiger partial charge in [0.25, 0.3) is 0 Å². The first kappa shape index (κ1) is 15.5. The minimum Gasteiger partial charge on any atom is -0.380 e. The number of hydrogen-bond acceptors (Lipinski definition) is 4. The molecule has 2 rings (SSSR count). The molecule has 21 heavy (non-hydrogen) atoms. The number of hydrogen-bond donors (Lipinski definition) is 0. The highest BCUT2D eigenvalue weighted by atomic mass is 32.2. The van der Waals surface area contributed by atoms with Crippen LogP contribution < -0.4 is 0 Å². The predicted molar refractivity (Wildman–Crippen MR) is 80.4 cm³/mol. The van der Waals surface area contributed by atoms with Gasteiger partial charge < -0.3 is 4.74 Å². The van der Waals surface area contributed by atoms with E-state index in [9.17, 15) is 9.65 Å². The molecule has 0 saturated carbocycles. The van der Waals surface area contributed by atoms with Gasteiger partial charge in [0.2, 0.25) is 0 Å². The standard InChI is InChI=1S/C16H15FN2OS/c1-11-7-13(9-20-2)14(8-18)16(19-11)21-10-12-5-3-4-6-15(12)17/h3-7H,9-10H2,1-2H3. The summed E-state index contributed by atoms with van der Waals surface area (Å²) in [7, 11) is 1.59. The number of halogens is 1. The Morgan fingerprint density at radius 2 is 2.10 bits per heavy atom. The maximum Gasteiger partial charge on any atom is 0.127 e. The third kappa shape index (κ3) is 3.81. The highest BCUT2D eigenvalue weighted by Crippen LogP contribution is 2.28. The second-order valence-corrected chi connectivity index (χ2v) is 5.49. The number of rotatable bonds is 5. The molecule has 0 atom stereocenters. The van der Waals surface area contributed by atoms with Crippen molar-refractivity contribution >= 4 is 11.8 Å². The van der Waals surface area contributed by atoms with Crippen molar-refractivity contribution in [3.8, 4) is 6.07 Å². The number of pyridine rings is 1. The summed E-state index contributed by atoms with van der Waals surface area (Å²) in [6, 6.07) is 10.6. The average molecular weight is 302 g/mol. The van der Waals surface area contributed by atoms with Gasteiger partial charge in [-0.05, 0) is 30.2 Å². The fraction of sp³-hybridized carbons (Fsp3) is 0.250. The fourth-order valence-electron chi connectivity index (χ4n) is 1.96. The number of benzene rings is 1. The van der Waals surface area contributed by atoms with Crippen LogP contribution >= 0.6 is 11.8 Å². The first-order chi connectivity index (χ1) is 10.2. The van der Waals surface area contributed by atoms with E-state index in [0.29, 0.717) is 28.5 Å². The molecule has 5 heteroatoms. The molecule has 0 bridgehead atoms. The summed E-state index contributed by atoms with van der Waals surface area (Å²) in [6.07, 6.45) is 0. The van der Waals surface area contributed by atoms with Crippen LogP contribution in [0.25, 0.3) is 0 Å². The number of ether oxygens (including phenoxy) is 1. The number of thioether (sulfide) groups is 1. The van der Waals surface area contributed by atoms with Gasteiger partial charge in [0, 0.05) is 18.6 Å². The quantitative estimate of drug-likeness (QED) is 0.787. The van der Waals surface area contributed by atoms with Crippen molar-refractivity contribution in [2.75, 3.05) is 7.11 Å². The molecule has 0 saturated heterocycles.